The predicted molar refractivity (Wildman–Crippen MR) is 103 cm³/mol. The largest absolute Gasteiger partial charge is 0.497 e. The maximum absolute atomic E-state index is 5.50. The fourth-order valence-electron chi connectivity index (χ4n) is 2.62. The Morgan fingerprint density at radius 1 is 1.22 bits per heavy atom. The van der Waals surface area contributed by atoms with E-state index in [0.717, 1.165) is 50.1 Å². The molecule has 128 valence electrons. The second kappa shape index (κ2) is 10.0. The summed E-state index contributed by atoms with van der Waals surface area (Å²) in [5.41, 5.74) is 1.33. The van der Waals surface area contributed by atoms with Crippen molar-refractivity contribution in [3.8, 4) is 5.75 Å². The van der Waals surface area contributed by atoms with Gasteiger partial charge in [0.1, 0.15) is 5.75 Å². The summed E-state index contributed by atoms with van der Waals surface area (Å²) in [6, 6.07) is 8.34. The summed E-state index contributed by atoms with van der Waals surface area (Å²) in [4.78, 5) is 4.77. The minimum atomic E-state index is 0.912. The molecule has 1 fully saturated rings. The molecule has 0 atom stereocenters. The Hall–Kier alpha value is -0.980. The van der Waals surface area contributed by atoms with Gasteiger partial charge in [-0.2, -0.15) is 11.8 Å². The van der Waals surface area contributed by atoms with E-state index >= 15 is 0 Å². The minimum absolute atomic E-state index is 0.912. The number of piperazine rings is 1. The van der Waals surface area contributed by atoms with Crippen molar-refractivity contribution >= 4 is 29.1 Å². The van der Waals surface area contributed by atoms with Crippen molar-refractivity contribution in [2.75, 3.05) is 51.8 Å². The molecule has 1 aromatic carbocycles. The molecule has 1 aromatic rings. The van der Waals surface area contributed by atoms with E-state index < -0.39 is 0 Å². The van der Waals surface area contributed by atoms with Crippen LogP contribution in [0.4, 0.5) is 0 Å². The van der Waals surface area contributed by atoms with Crippen LogP contribution < -0.4 is 10.1 Å². The summed E-state index contributed by atoms with van der Waals surface area (Å²) in [5, 5.41) is 4.29. The number of ether oxygens (including phenoxy) is 1. The third-order valence-electron chi connectivity index (χ3n) is 4.03. The number of nitrogens with zero attached hydrogens (tertiary/aromatic N) is 2. The summed E-state index contributed by atoms with van der Waals surface area (Å²) in [5.74, 6) is 2.10. The Bertz CT molecular complexity index is 473. The Morgan fingerprint density at radius 2 is 1.91 bits per heavy atom. The van der Waals surface area contributed by atoms with Gasteiger partial charge in [-0.25, -0.2) is 0 Å². The van der Waals surface area contributed by atoms with Gasteiger partial charge < -0.3 is 15.0 Å². The van der Waals surface area contributed by atoms with Crippen LogP contribution in [0.1, 0.15) is 12.0 Å². The van der Waals surface area contributed by atoms with Crippen LogP contribution in [0.5, 0.6) is 5.75 Å². The lowest BCUT2D eigenvalue weighted by Gasteiger charge is -2.36. The van der Waals surface area contributed by atoms with Crippen LogP contribution in [0.2, 0.25) is 0 Å². The van der Waals surface area contributed by atoms with Gasteiger partial charge in [0, 0.05) is 39.3 Å². The summed E-state index contributed by atoms with van der Waals surface area (Å²) < 4.78 is 5.20. The molecule has 23 heavy (non-hydrogen) atoms. The molecule has 0 aliphatic carbocycles. The first-order chi connectivity index (χ1) is 11.2. The van der Waals surface area contributed by atoms with E-state index in [0.29, 0.717) is 0 Å². The van der Waals surface area contributed by atoms with E-state index in [1.807, 2.05) is 23.9 Å². The van der Waals surface area contributed by atoms with Gasteiger partial charge in [0.15, 0.2) is 5.11 Å². The van der Waals surface area contributed by atoms with Crippen LogP contribution in [-0.2, 0) is 6.54 Å². The smallest absolute Gasteiger partial charge is 0.169 e. The third-order valence-corrected chi connectivity index (χ3v) is 5.13. The van der Waals surface area contributed by atoms with Crippen molar-refractivity contribution in [2.45, 2.75) is 13.0 Å². The van der Waals surface area contributed by atoms with Gasteiger partial charge in [-0.3, -0.25) is 4.90 Å². The Labute approximate surface area is 149 Å². The number of methoxy groups -OCH3 is 1. The van der Waals surface area contributed by atoms with Crippen LogP contribution in [0.15, 0.2) is 24.3 Å². The van der Waals surface area contributed by atoms with Crippen molar-refractivity contribution in [3.05, 3.63) is 29.8 Å². The molecule has 4 nitrogen and oxygen atoms in total. The molecule has 0 unspecified atom stereocenters. The van der Waals surface area contributed by atoms with E-state index in [1.54, 1.807) is 7.11 Å². The van der Waals surface area contributed by atoms with E-state index in [-0.39, 0.29) is 0 Å². The number of hydrogen-bond acceptors (Lipinski definition) is 4. The monoisotopic (exact) mass is 353 g/mol. The fourth-order valence-corrected chi connectivity index (χ4v) is 3.34. The molecule has 0 aromatic heterocycles. The molecule has 0 bridgehead atoms. The maximum atomic E-state index is 5.50. The average molecular weight is 354 g/mol. The van der Waals surface area contributed by atoms with Crippen molar-refractivity contribution in [1.29, 1.82) is 0 Å². The number of benzene rings is 1. The average Bonchev–Trinajstić information content (AvgIpc) is 2.60. The van der Waals surface area contributed by atoms with Crippen LogP contribution in [0.3, 0.4) is 0 Å². The Balaban J connectivity index is 1.69. The lowest BCUT2D eigenvalue weighted by Crippen LogP contribution is -2.51. The number of thiocarbonyl (C=S) groups is 1. The standard InChI is InChI=1S/C17H27N3OS2/c1-21-16-6-4-15(5-7-16)14-19-9-11-20(12-10-19)17(22)18-8-3-13-23-2/h4-7H,3,8-14H2,1-2H3,(H,18,22). The van der Waals surface area contributed by atoms with Crippen LogP contribution >= 0.6 is 24.0 Å². The van der Waals surface area contributed by atoms with Gasteiger partial charge in [-0.1, -0.05) is 12.1 Å². The highest BCUT2D eigenvalue weighted by atomic mass is 32.2. The SMILES string of the molecule is COc1ccc(CN2CCN(C(=S)NCCCSC)CC2)cc1. The highest BCUT2D eigenvalue weighted by Crippen LogP contribution is 2.14. The van der Waals surface area contributed by atoms with E-state index in [1.165, 1.54) is 17.7 Å². The number of rotatable bonds is 7. The van der Waals surface area contributed by atoms with Gasteiger partial charge >= 0.3 is 0 Å². The zero-order chi connectivity index (χ0) is 16.5. The molecule has 0 radical (unpaired) electrons. The first-order valence-electron chi connectivity index (χ1n) is 8.10. The van der Waals surface area contributed by atoms with Crippen LogP contribution in [0.25, 0.3) is 0 Å². The highest BCUT2D eigenvalue weighted by Gasteiger charge is 2.18. The van der Waals surface area contributed by atoms with Crippen molar-refractivity contribution < 1.29 is 4.74 Å². The Kier molecular flexibility index (Phi) is 7.99. The molecular formula is C17H27N3OS2. The lowest BCUT2D eigenvalue weighted by molar-refractivity contribution is 0.174. The quantitative estimate of drug-likeness (QED) is 0.598. The highest BCUT2D eigenvalue weighted by molar-refractivity contribution is 7.98. The summed E-state index contributed by atoms with van der Waals surface area (Å²) in [7, 11) is 1.70. The maximum Gasteiger partial charge on any atom is 0.169 e. The predicted octanol–water partition coefficient (Wildman–Crippen LogP) is 2.44. The van der Waals surface area contributed by atoms with Gasteiger partial charge in [-0.05, 0) is 48.3 Å². The normalized spacial score (nSPS) is 15.5. The molecular weight excluding hydrogens is 326 g/mol. The number of nitrogens with one attached hydrogen (secondary N) is 1. The molecule has 1 aliphatic heterocycles. The zero-order valence-corrected chi connectivity index (χ0v) is 15.7. The lowest BCUT2D eigenvalue weighted by atomic mass is 10.2. The molecule has 1 N–H and O–H groups in total. The second-order valence-electron chi connectivity index (χ2n) is 5.69. The van der Waals surface area contributed by atoms with Gasteiger partial charge in [0.2, 0.25) is 0 Å². The first-order valence-corrected chi connectivity index (χ1v) is 9.90. The van der Waals surface area contributed by atoms with Crippen molar-refractivity contribution in [1.82, 2.24) is 15.1 Å². The topological polar surface area (TPSA) is 27.7 Å². The molecule has 1 heterocycles. The zero-order valence-electron chi connectivity index (χ0n) is 14.1. The molecule has 0 saturated carbocycles. The molecule has 6 heteroatoms. The first kappa shape index (κ1) is 18.4. The van der Waals surface area contributed by atoms with Crippen LogP contribution in [-0.4, -0.2) is 66.8 Å². The number of thioether (sulfide) groups is 1. The van der Waals surface area contributed by atoms with E-state index in [4.69, 9.17) is 17.0 Å². The van der Waals surface area contributed by atoms with Crippen molar-refractivity contribution in [3.63, 3.8) is 0 Å². The van der Waals surface area contributed by atoms with Crippen molar-refractivity contribution in [2.24, 2.45) is 0 Å². The molecule has 1 saturated heterocycles. The van der Waals surface area contributed by atoms with E-state index in [9.17, 15) is 0 Å². The molecule has 1 aliphatic rings. The van der Waals surface area contributed by atoms with Gasteiger partial charge in [-0.15, -0.1) is 0 Å². The summed E-state index contributed by atoms with van der Waals surface area (Å²) >= 11 is 7.38. The summed E-state index contributed by atoms with van der Waals surface area (Å²) in [6.45, 7) is 6.09. The fraction of sp³-hybridized carbons (Fsp3) is 0.588. The summed E-state index contributed by atoms with van der Waals surface area (Å²) in [6.07, 6.45) is 3.30. The molecule has 0 amide bonds. The molecule has 0 spiro atoms. The van der Waals surface area contributed by atoms with Gasteiger partial charge in [0.25, 0.3) is 0 Å². The van der Waals surface area contributed by atoms with Crippen LogP contribution in [0, 0.1) is 0 Å². The third kappa shape index (κ3) is 6.20. The number of hydrogen-bond donors (Lipinski definition) is 1. The Morgan fingerprint density at radius 3 is 2.52 bits per heavy atom. The minimum Gasteiger partial charge on any atom is -0.497 e. The molecule has 2 rings (SSSR count). The van der Waals surface area contributed by atoms with Gasteiger partial charge in [0.05, 0.1) is 7.11 Å². The second-order valence-corrected chi connectivity index (χ2v) is 7.06. The van der Waals surface area contributed by atoms with E-state index in [2.05, 4.69) is 33.5 Å².